The van der Waals surface area contributed by atoms with Gasteiger partial charge < -0.3 is 14.6 Å². The highest BCUT2D eigenvalue weighted by Crippen LogP contribution is 2.24. The van der Waals surface area contributed by atoms with Crippen LogP contribution in [0.2, 0.25) is 0 Å². The van der Waals surface area contributed by atoms with Gasteiger partial charge in [0, 0.05) is 18.8 Å². The van der Waals surface area contributed by atoms with Crippen molar-refractivity contribution >= 4 is 45.9 Å². The molecule has 146 valence electrons. The monoisotopic (exact) mass is 407 g/mol. The summed E-state index contributed by atoms with van der Waals surface area (Å²) >= 11 is 1.28. The molecule has 2 aromatic carbocycles. The number of aryl methyl sites for hydroxylation is 1. The number of rotatable bonds is 5. The summed E-state index contributed by atoms with van der Waals surface area (Å²) in [6.07, 6.45) is 0. The van der Waals surface area contributed by atoms with Gasteiger partial charge in [-0.1, -0.05) is 30.0 Å². The van der Waals surface area contributed by atoms with Crippen molar-refractivity contribution in [1.29, 1.82) is 0 Å². The van der Waals surface area contributed by atoms with Crippen molar-refractivity contribution in [1.82, 2.24) is 28.8 Å². The Bertz CT molecular complexity index is 1370. The van der Waals surface area contributed by atoms with Crippen LogP contribution >= 0.6 is 11.8 Å². The van der Waals surface area contributed by atoms with E-state index in [1.54, 1.807) is 17.7 Å². The van der Waals surface area contributed by atoms with E-state index in [0.29, 0.717) is 22.4 Å². The number of nitrogens with one attached hydrogen (secondary N) is 1. The van der Waals surface area contributed by atoms with Gasteiger partial charge in [0.15, 0.2) is 0 Å². The van der Waals surface area contributed by atoms with Crippen LogP contribution in [0.5, 0.6) is 5.75 Å². The summed E-state index contributed by atoms with van der Waals surface area (Å²) in [5.41, 5.74) is 2.75. The third-order valence-electron chi connectivity index (χ3n) is 4.65. The van der Waals surface area contributed by atoms with E-state index in [4.69, 9.17) is 4.74 Å². The van der Waals surface area contributed by atoms with Gasteiger partial charge in [-0.05, 0) is 24.3 Å². The molecule has 0 unspecified atom stereocenters. The van der Waals surface area contributed by atoms with Gasteiger partial charge in [-0.2, -0.15) is 4.52 Å². The molecule has 5 aromatic rings. The zero-order valence-electron chi connectivity index (χ0n) is 15.7. The zero-order chi connectivity index (χ0) is 20.0. The Morgan fingerprint density at radius 1 is 1.10 bits per heavy atom. The fourth-order valence-corrected chi connectivity index (χ4v) is 3.98. The molecule has 0 aliphatic carbocycles. The fraction of sp³-hybridized carbons (Fsp3) is 0.158. The maximum Gasteiger partial charge on any atom is 0.260 e. The van der Waals surface area contributed by atoms with Gasteiger partial charge in [0.25, 0.3) is 5.78 Å². The number of methoxy groups -OCH3 is 1. The number of thioether (sulfide) groups is 1. The number of nitrogens with zero attached hydrogens (tertiary/aromatic N) is 6. The SMILES string of the molecule is COc1cccc(NC(=O)CSc2nnc3n2nc2n(C)c4ccccc4n23)c1. The minimum atomic E-state index is -0.144. The topological polar surface area (TPSA) is 90.8 Å². The molecule has 5 rings (SSSR count). The highest BCUT2D eigenvalue weighted by molar-refractivity contribution is 7.99. The molecule has 3 heterocycles. The Morgan fingerprint density at radius 2 is 1.93 bits per heavy atom. The quantitative estimate of drug-likeness (QED) is 0.451. The van der Waals surface area contributed by atoms with E-state index >= 15 is 0 Å². The average molecular weight is 407 g/mol. The Morgan fingerprint density at radius 3 is 2.76 bits per heavy atom. The predicted octanol–water partition coefficient (Wildman–Crippen LogP) is 2.61. The van der Waals surface area contributed by atoms with Crippen LogP contribution in [0.4, 0.5) is 5.69 Å². The van der Waals surface area contributed by atoms with Gasteiger partial charge in [-0.25, -0.2) is 4.40 Å². The van der Waals surface area contributed by atoms with Gasteiger partial charge in [-0.3, -0.25) is 4.79 Å². The lowest BCUT2D eigenvalue weighted by Gasteiger charge is -2.06. The smallest absolute Gasteiger partial charge is 0.260 e. The van der Waals surface area contributed by atoms with Crippen molar-refractivity contribution in [2.24, 2.45) is 7.05 Å². The highest BCUT2D eigenvalue weighted by atomic mass is 32.2. The molecule has 3 aromatic heterocycles. The number of hydrogen-bond acceptors (Lipinski definition) is 6. The first-order chi connectivity index (χ1) is 14.2. The van der Waals surface area contributed by atoms with Gasteiger partial charge in [-0.15, -0.1) is 15.3 Å². The molecular weight excluding hydrogens is 390 g/mol. The number of fused-ring (bicyclic) bond motifs is 5. The second kappa shape index (κ2) is 6.82. The molecule has 0 fully saturated rings. The summed E-state index contributed by atoms with van der Waals surface area (Å²) in [6.45, 7) is 0. The molecule has 0 saturated carbocycles. The summed E-state index contributed by atoms with van der Waals surface area (Å²) in [6, 6.07) is 15.3. The van der Waals surface area contributed by atoms with E-state index in [1.807, 2.05) is 58.5 Å². The first kappa shape index (κ1) is 17.6. The van der Waals surface area contributed by atoms with Crippen LogP contribution in [0.15, 0.2) is 53.7 Å². The molecule has 29 heavy (non-hydrogen) atoms. The van der Waals surface area contributed by atoms with E-state index in [2.05, 4.69) is 20.6 Å². The number of para-hydroxylation sites is 2. The number of aromatic nitrogens is 6. The van der Waals surface area contributed by atoms with Crippen molar-refractivity contribution in [3.63, 3.8) is 0 Å². The zero-order valence-corrected chi connectivity index (χ0v) is 16.6. The number of anilines is 1. The normalized spacial score (nSPS) is 11.5. The first-order valence-corrected chi connectivity index (χ1v) is 9.88. The van der Waals surface area contributed by atoms with Gasteiger partial charge in [0.2, 0.25) is 16.8 Å². The Kier molecular flexibility index (Phi) is 4.13. The fourth-order valence-electron chi connectivity index (χ4n) is 3.30. The number of amides is 1. The number of benzene rings is 2. The van der Waals surface area contributed by atoms with Gasteiger partial charge in [0.1, 0.15) is 5.75 Å². The molecule has 1 N–H and O–H groups in total. The molecule has 0 saturated heterocycles. The molecule has 10 heteroatoms. The lowest BCUT2D eigenvalue weighted by Crippen LogP contribution is -2.14. The molecule has 0 aliphatic rings. The van der Waals surface area contributed by atoms with E-state index in [1.165, 1.54) is 11.8 Å². The molecule has 0 atom stereocenters. The number of carbonyl (C=O) groups excluding carboxylic acids is 1. The van der Waals surface area contributed by atoms with Gasteiger partial charge in [0.05, 0.1) is 23.9 Å². The van der Waals surface area contributed by atoms with Crippen LogP contribution in [0.25, 0.3) is 22.6 Å². The number of hydrogen-bond donors (Lipinski definition) is 1. The predicted molar refractivity (Wildman–Crippen MR) is 111 cm³/mol. The standard InChI is InChI=1S/C19H17N7O2S/c1-24-14-8-3-4-9-15(14)25-17-21-22-19(26(17)23-18(24)25)29-11-16(27)20-12-6-5-7-13(10-12)28-2/h3-10H,11H2,1-2H3,(H,20,27). The molecule has 0 radical (unpaired) electrons. The molecule has 0 aliphatic heterocycles. The van der Waals surface area contributed by atoms with Crippen LogP contribution in [-0.4, -0.2) is 47.5 Å². The first-order valence-electron chi connectivity index (χ1n) is 8.89. The Hall–Kier alpha value is -3.53. The molecule has 9 nitrogen and oxygen atoms in total. The number of ether oxygens (including phenoxy) is 1. The van der Waals surface area contributed by atoms with Crippen molar-refractivity contribution < 1.29 is 9.53 Å². The third kappa shape index (κ3) is 2.88. The van der Waals surface area contributed by atoms with Crippen LogP contribution in [0, 0.1) is 0 Å². The van der Waals surface area contributed by atoms with E-state index in [9.17, 15) is 4.79 Å². The third-order valence-corrected chi connectivity index (χ3v) is 5.57. The molecule has 0 bridgehead atoms. The summed E-state index contributed by atoms with van der Waals surface area (Å²) in [7, 11) is 3.55. The Labute approximate surface area is 169 Å². The van der Waals surface area contributed by atoms with Crippen molar-refractivity contribution in [3.05, 3.63) is 48.5 Å². The van der Waals surface area contributed by atoms with Crippen LogP contribution in [0.3, 0.4) is 0 Å². The van der Waals surface area contributed by atoms with Crippen LogP contribution in [-0.2, 0) is 11.8 Å². The summed E-state index contributed by atoms with van der Waals surface area (Å²) < 4.78 is 10.8. The maximum absolute atomic E-state index is 12.3. The maximum atomic E-state index is 12.3. The summed E-state index contributed by atoms with van der Waals surface area (Å²) in [4.78, 5) is 12.3. The number of imidazole rings is 1. The second-order valence-electron chi connectivity index (χ2n) is 6.45. The minimum Gasteiger partial charge on any atom is -0.497 e. The van der Waals surface area contributed by atoms with Crippen molar-refractivity contribution in [2.75, 3.05) is 18.2 Å². The highest BCUT2D eigenvalue weighted by Gasteiger charge is 2.19. The Balaban J connectivity index is 1.39. The van der Waals surface area contributed by atoms with E-state index in [0.717, 1.165) is 16.8 Å². The summed E-state index contributed by atoms with van der Waals surface area (Å²) in [5.74, 6) is 2.11. The largest absolute Gasteiger partial charge is 0.497 e. The minimum absolute atomic E-state index is 0.144. The van der Waals surface area contributed by atoms with E-state index in [-0.39, 0.29) is 11.7 Å². The lowest BCUT2D eigenvalue weighted by molar-refractivity contribution is -0.113. The lowest BCUT2D eigenvalue weighted by atomic mass is 10.3. The van der Waals surface area contributed by atoms with Gasteiger partial charge >= 0.3 is 0 Å². The summed E-state index contributed by atoms with van der Waals surface area (Å²) in [5, 5.41) is 16.6. The van der Waals surface area contributed by atoms with E-state index < -0.39 is 0 Å². The molecular formula is C19H17N7O2S. The van der Waals surface area contributed by atoms with Crippen LogP contribution < -0.4 is 10.1 Å². The molecule has 0 spiro atoms. The molecule has 1 amide bonds. The van der Waals surface area contributed by atoms with Crippen molar-refractivity contribution in [2.45, 2.75) is 5.16 Å². The average Bonchev–Trinajstić information content (AvgIpc) is 3.38. The van der Waals surface area contributed by atoms with Crippen LogP contribution in [0.1, 0.15) is 0 Å². The van der Waals surface area contributed by atoms with Crippen molar-refractivity contribution in [3.8, 4) is 5.75 Å². The number of carbonyl (C=O) groups is 1. The second-order valence-corrected chi connectivity index (χ2v) is 7.39.